The quantitative estimate of drug-likeness (QED) is 0.809. The van der Waals surface area contributed by atoms with E-state index in [0.29, 0.717) is 11.3 Å². The molecule has 0 saturated carbocycles. The van der Waals surface area contributed by atoms with Crippen LogP contribution in [0.25, 0.3) is 0 Å². The summed E-state index contributed by atoms with van der Waals surface area (Å²) < 4.78 is 5.42. The molecule has 24 heavy (non-hydrogen) atoms. The van der Waals surface area contributed by atoms with E-state index in [0.717, 1.165) is 6.42 Å². The van der Waals surface area contributed by atoms with E-state index in [-0.39, 0.29) is 22.8 Å². The number of hydrogen-bond acceptors (Lipinski definition) is 4. The van der Waals surface area contributed by atoms with Crippen molar-refractivity contribution in [3.05, 3.63) is 76.4 Å². The van der Waals surface area contributed by atoms with E-state index in [9.17, 15) is 15.0 Å². The minimum absolute atomic E-state index is 0.0560. The Balaban J connectivity index is 1.63. The zero-order valence-corrected chi connectivity index (χ0v) is 13.8. The van der Waals surface area contributed by atoms with Gasteiger partial charge in [-0.1, -0.05) is 42.5 Å². The first-order valence-corrected chi connectivity index (χ1v) is 8.69. The molecule has 0 aliphatic carbocycles. The van der Waals surface area contributed by atoms with Crippen LogP contribution in [-0.4, -0.2) is 16.8 Å². The average Bonchev–Trinajstić information content (AvgIpc) is 2.59. The zero-order chi connectivity index (χ0) is 16.9. The molecule has 1 radical (unpaired) electrons. The first-order chi connectivity index (χ1) is 11.6. The van der Waals surface area contributed by atoms with Crippen LogP contribution in [0.15, 0.2) is 65.3 Å². The van der Waals surface area contributed by atoms with Crippen molar-refractivity contribution in [3.8, 4) is 5.75 Å². The minimum atomic E-state index is -0.545. The van der Waals surface area contributed by atoms with Gasteiger partial charge in [-0.15, -0.1) is 11.8 Å². The van der Waals surface area contributed by atoms with Crippen molar-refractivity contribution in [3.63, 3.8) is 0 Å². The first kappa shape index (κ1) is 16.5. The second-order valence-electron chi connectivity index (χ2n) is 5.53. The fourth-order valence-corrected chi connectivity index (χ4v) is 3.49. The maximum absolute atomic E-state index is 12.2. The van der Waals surface area contributed by atoms with Gasteiger partial charge < -0.3 is 9.84 Å². The third-order valence-electron chi connectivity index (χ3n) is 3.81. The van der Waals surface area contributed by atoms with Gasteiger partial charge in [0.05, 0.1) is 0 Å². The van der Waals surface area contributed by atoms with Crippen LogP contribution in [0, 0.1) is 0 Å². The second kappa shape index (κ2) is 7.45. The SMILES string of the molecule is [O]c1ccc(C2CC(O)=C(SCCc3ccccc3)C(=O)O2)cc1. The molecule has 0 aromatic heterocycles. The average molecular weight is 341 g/mol. The molecule has 1 aliphatic heterocycles. The van der Waals surface area contributed by atoms with Gasteiger partial charge in [0.2, 0.25) is 0 Å². The molecule has 1 heterocycles. The summed E-state index contributed by atoms with van der Waals surface area (Å²) in [5.41, 5.74) is 1.90. The molecule has 1 N–H and O–H groups in total. The van der Waals surface area contributed by atoms with Gasteiger partial charge in [0.15, 0.2) is 5.75 Å². The highest BCUT2D eigenvalue weighted by Gasteiger charge is 2.30. The highest BCUT2D eigenvalue weighted by atomic mass is 32.2. The highest BCUT2D eigenvalue weighted by Crippen LogP contribution is 2.36. The van der Waals surface area contributed by atoms with Crippen LogP contribution < -0.4 is 0 Å². The molecule has 2 aromatic rings. The fraction of sp³-hybridized carbons (Fsp3) is 0.211. The van der Waals surface area contributed by atoms with Gasteiger partial charge >= 0.3 is 5.97 Å². The van der Waals surface area contributed by atoms with Crippen molar-refractivity contribution in [2.24, 2.45) is 0 Å². The van der Waals surface area contributed by atoms with Gasteiger partial charge in [-0.2, -0.15) is 0 Å². The summed E-state index contributed by atoms with van der Waals surface area (Å²) in [5, 5.41) is 21.4. The van der Waals surface area contributed by atoms with Crippen molar-refractivity contribution in [1.82, 2.24) is 0 Å². The van der Waals surface area contributed by atoms with E-state index in [4.69, 9.17) is 4.74 Å². The largest absolute Gasteiger partial charge is 0.511 e. The Kier molecular flexibility index (Phi) is 5.11. The van der Waals surface area contributed by atoms with Crippen molar-refractivity contribution in [1.29, 1.82) is 0 Å². The number of carbonyl (C=O) groups is 1. The summed E-state index contributed by atoms with van der Waals surface area (Å²) in [4.78, 5) is 12.5. The minimum Gasteiger partial charge on any atom is -0.511 e. The number of ether oxygens (including phenoxy) is 1. The Morgan fingerprint density at radius 1 is 1.08 bits per heavy atom. The molecule has 1 aliphatic rings. The summed E-state index contributed by atoms with van der Waals surface area (Å²) in [7, 11) is 0. The molecule has 1 unspecified atom stereocenters. The van der Waals surface area contributed by atoms with E-state index >= 15 is 0 Å². The molecule has 5 heteroatoms. The summed E-state index contributed by atoms with van der Waals surface area (Å²) in [6.45, 7) is 0. The molecular weight excluding hydrogens is 324 g/mol. The van der Waals surface area contributed by atoms with E-state index in [1.54, 1.807) is 12.1 Å². The van der Waals surface area contributed by atoms with Gasteiger partial charge in [-0.25, -0.2) is 4.79 Å². The number of carbonyl (C=O) groups excluding carboxylic acids is 1. The molecular formula is C19H17O4S. The summed E-state index contributed by atoms with van der Waals surface area (Å²) in [5.74, 6) is 0.139. The number of rotatable bonds is 5. The van der Waals surface area contributed by atoms with E-state index in [1.165, 1.54) is 29.5 Å². The van der Waals surface area contributed by atoms with Gasteiger partial charge in [0, 0.05) is 12.2 Å². The summed E-state index contributed by atoms with van der Waals surface area (Å²) in [6, 6.07) is 16.1. The van der Waals surface area contributed by atoms with Crippen LogP contribution >= 0.6 is 11.8 Å². The third kappa shape index (κ3) is 3.92. The fourth-order valence-electron chi connectivity index (χ4n) is 2.54. The number of aliphatic hydroxyl groups excluding tert-OH is 1. The van der Waals surface area contributed by atoms with Crippen LogP contribution in [0.4, 0.5) is 0 Å². The van der Waals surface area contributed by atoms with Crippen LogP contribution in [0.1, 0.15) is 23.7 Å². The van der Waals surface area contributed by atoms with Gasteiger partial charge in [0.25, 0.3) is 0 Å². The monoisotopic (exact) mass is 341 g/mol. The van der Waals surface area contributed by atoms with Gasteiger partial charge in [0.1, 0.15) is 16.8 Å². The van der Waals surface area contributed by atoms with Crippen LogP contribution in [-0.2, 0) is 21.1 Å². The molecule has 4 nitrogen and oxygen atoms in total. The van der Waals surface area contributed by atoms with Crippen LogP contribution in [0.2, 0.25) is 0 Å². The van der Waals surface area contributed by atoms with E-state index in [1.807, 2.05) is 30.3 Å². The standard InChI is InChI=1S/C19H17O4S/c20-15-8-6-14(7-9-15)17-12-16(21)18(19(22)23-17)24-11-10-13-4-2-1-3-5-13/h1-9,17,21H,10-12H2. The first-order valence-electron chi connectivity index (χ1n) is 7.70. The third-order valence-corrected chi connectivity index (χ3v) is 4.91. The smallest absolute Gasteiger partial charge is 0.348 e. The molecule has 0 bridgehead atoms. The zero-order valence-electron chi connectivity index (χ0n) is 13.0. The topological polar surface area (TPSA) is 66.4 Å². The Morgan fingerprint density at radius 2 is 1.79 bits per heavy atom. The maximum Gasteiger partial charge on any atom is 0.348 e. The van der Waals surface area contributed by atoms with Crippen molar-refractivity contribution in [2.75, 3.05) is 5.75 Å². The van der Waals surface area contributed by atoms with E-state index in [2.05, 4.69) is 0 Å². The number of benzene rings is 2. The molecule has 3 rings (SSSR count). The molecule has 0 amide bonds. The molecule has 123 valence electrons. The lowest BCUT2D eigenvalue weighted by atomic mass is 10.0. The van der Waals surface area contributed by atoms with Crippen molar-refractivity contribution >= 4 is 17.7 Å². The molecule has 0 fully saturated rings. The lowest BCUT2D eigenvalue weighted by Crippen LogP contribution is -2.20. The number of aliphatic hydroxyl groups is 1. The Hall–Kier alpha value is -2.40. The van der Waals surface area contributed by atoms with Gasteiger partial charge in [-0.3, -0.25) is 5.11 Å². The van der Waals surface area contributed by atoms with Crippen LogP contribution in [0.3, 0.4) is 0 Å². The Labute approximate surface area is 144 Å². The van der Waals surface area contributed by atoms with E-state index < -0.39 is 12.1 Å². The molecule has 0 spiro atoms. The Morgan fingerprint density at radius 3 is 2.46 bits per heavy atom. The van der Waals surface area contributed by atoms with Crippen molar-refractivity contribution in [2.45, 2.75) is 18.9 Å². The molecule has 1 atom stereocenters. The highest BCUT2D eigenvalue weighted by molar-refractivity contribution is 8.04. The number of esters is 1. The number of cyclic esters (lactones) is 1. The Bertz CT molecular complexity index is 738. The predicted octanol–water partition coefficient (Wildman–Crippen LogP) is 4.56. The van der Waals surface area contributed by atoms with Gasteiger partial charge in [-0.05, 0) is 29.7 Å². The lowest BCUT2D eigenvalue weighted by Gasteiger charge is -2.24. The summed E-state index contributed by atoms with van der Waals surface area (Å²) in [6.07, 6.45) is 0.498. The molecule has 2 aromatic carbocycles. The normalized spacial score (nSPS) is 17.7. The number of hydrogen-bond donors (Lipinski definition) is 1. The second-order valence-corrected chi connectivity index (χ2v) is 6.63. The molecule has 0 saturated heterocycles. The number of aryl methyl sites for hydroxylation is 1. The lowest BCUT2D eigenvalue weighted by molar-refractivity contribution is -0.146. The van der Waals surface area contributed by atoms with Crippen molar-refractivity contribution < 1.29 is 19.7 Å². The summed E-state index contributed by atoms with van der Waals surface area (Å²) >= 11 is 1.31. The predicted molar refractivity (Wildman–Crippen MR) is 92.3 cm³/mol. The number of thioether (sulfide) groups is 1. The maximum atomic E-state index is 12.2. The van der Waals surface area contributed by atoms with Crippen LogP contribution in [0.5, 0.6) is 5.75 Å².